The van der Waals surface area contributed by atoms with E-state index in [1.165, 1.54) is 6.07 Å². The minimum absolute atomic E-state index is 0.0160. The monoisotopic (exact) mass is 329 g/mol. The van der Waals surface area contributed by atoms with Gasteiger partial charge in [-0.2, -0.15) is 4.98 Å². The summed E-state index contributed by atoms with van der Waals surface area (Å²) in [6.45, 7) is 1.85. The van der Waals surface area contributed by atoms with Gasteiger partial charge in [-0.15, -0.1) is 5.10 Å². The van der Waals surface area contributed by atoms with Gasteiger partial charge >= 0.3 is 5.69 Å². The zero-order valence-corrected chi connectivity index (χ0v) is 12.2. The Morgan fingerprint density at radius 1 is 1.48 bits per heavy atom. The van der Waals surface area contributed by atoms with E-state index in [9.17, 15) is 14.9 Å². The number of rotatable bonds is 4. The summed E-state index contributed by atoms with van der Waals surface area (Å²) in [5.74, 6) is -0.182. The maximum atomic E-state index is 12.1. The highest BCUT2D eigenvalue weighted by Gasteiger charge is 2.25. The number of aryl methyl sites for hydroxylation is 1. The molecule has 0 aliphatic carbocycles. The largest absolute Gasteiger partial charge is 0.300 e. The third-order valence-electron chi connectivity index (χ3n) is 2.55. The number of nitro benzene ring substituents is 1. The number of anilines is 1. The van der Waals surface area contributed by atoms with Crippen LogP contribution in [0.25, 0.3) is 0 Å². The molecule has 0 aliphatic rings. The fourth-order valence-electron chi connectivity index (χ4n) is 1.60. The molecular formula is C11H9Cl2N5O3. The molecule has 2 N–H and O–H groups in total. The summed E-state index contributed by atoms with van der Waals surface area (Å²) in [5, 5.41) is 19.6. The lowest BCUT2D eigenvalue weighted by Crippen LogP contribution is -2.15. The first-order chi connectivity index (χ1) is 9.92. The van der Waals surface area contributed by atoms with Crippen LogP contribution in [-0.4, -0.2) is 26.0 Å². The SMILES string of the molecule is CCc1nc(NC(=O)c2cc(Cl)cc(Cl)c2[N+](=O)[O-])n[nH]1. The number of carbonyl (C=O) groups excluding carboxylic acids is 1. The van der Waals surface area contributed by atoms with Gasteiger partial charge in [0, 0.05) is 11.4 Å². The molecule has 0 atom stereocenters. The summed E-state index contributed by atoms with van der Waals surface area (Å²) in [6.07, 6.45) is 0.603. The molecule has 0 saturated heterocycles. The second kappa shape index (κ2) is 6.06. The summed E-state index contributed by atoms with van der Waals surface area (Å²) >= 11 is 11.5. The van der Waals surface area contributed by atoms with Crippen LogP contribution in [0.3, 0.4) is 0 Å². The number of hydrogen-bond acceptors (Lipinski definition) is 5. The van der Waals surface area contributed by atoms with Gasteiger partial charge < -0.3 is 0 Å². The van der Waals surface area contributed by atoms with Gasteiger partial charge in [0.2, 0.25) is 5.95 Å². The van der Waals surface area contributed by atoms with E-state index in [4.69, 9.17) is 23.2 Å². The molecule has 10 heteroatoms. The van der Waals surface area contributed by atoms with Crippen LogP contribution < -0.4 is 5.32 Å². The molecule has 0 fully saturated rings. The minimum atomic E-state index is -0.771. The first-order valence-electron chi connectivity index (χ1n) is 5.78. The Balaban J connectivity index is 2.36. The fraction of sp³-hybridized carbons (Fsp3) is 0.182. The molecule has 1 aromatic carbocycles. The average molecular weight is 330 g/mol. The van der Waals surface area contributed by atoms with Crippen molar-refractivity contribution in [2.45, 2.75) is 13.3 Å². The van der Waals surface area contributed by atoms with Crippen molar-refractivity contribution in [1.29, 1.82) is 0 Å². The molecule has 2 aromatic rings. The van der Waals surface area contributed by atoms with Crippen LogP contribution in [0.1, 0.15) is 23.1 Å². The number of amides is 1. The Labute approximate surface area is 128 Å². The van der Waals surface area contributed by atoms with Crippen molar-refractivity contribution in [3.05, 3.63) is 43.7 Å². The molecular weight excluding hydrogens is 321 g/mol. The summed E-state index contributed by atoms with van der Waals surface area (Å²) in [5.41, 5.74) is -0.787. The molecule has 0 saturated carbocycles. The van der Waals surface area contributed by atoms with Crippen LogP contribution in [0.4, 0.5) is 11.6 Å². The molecule has 1 aromatic heterocycles. The number of aromatic nitrogens is 3. The van der Waals surface area contributed by atoms with Crippen molar-refractivity contribution >= 4 is 40.7 Å². The number of halogens is 2. The van der Waals surface area contributed by atoms with E-state index in [0.717, 1.165) is 6.07 Å². The molecule has 0 unspecified atom stereocenters. The molecule has 0 radical (unpaired) electrons. The van der Waals surface area contributed by atoms with Gasteiger partial charge in [0.05, 0.1) is 4.92 Å². The minimum Gasteiger partial charge on any atom is -0.289 e. The Kier molecular flexibility index (Phi) is 4.39. The molecule has 0 spiro atoms. The van der Waals surface area contributed by atoms with Crippen LogP contribution >= 0.6 is 23.2 Å². The van der Waals surface area contributed by atoms with Crippen molar-refractivity contribution in [3.8, 4) is 0 Å². The highest BCUT2D eigenvalue weighted by atomic mass is 35.5. The molecule has 2 rings (SSSR count). The zero-order valence-electron chi connectivity index (χ0n) is 10.7. The van der Waals surface area contributed by atoms with E-state index in [1.807, 2.05) is 6.92 Å². The summed E-state index contributed by atoms with van der Waals surface area (Å²) < 4.78 is 0. The van der Waals surface area contributed by atoms with Gasteiger partial charge in [0.15, 0.2) is 0 Å². The van der Waals surface area contributed by atoms with Crippen molar-refractivity contribution in [1.82, 2.24) is 15.2 Å². The Hall–Kier alpha value is -2.19. The van der Waals surface area contributed by atoms with E-state index >= 15 is 0 Å². The highest BCUT2D eigenvalue weighted by Crippen LogP contribution is 2.32. The summed E-state index contributed by atoms with van der Waals surface area (Å²) in [4.78, 5) is 26.4. The number of nitrogens with one attached hydrogen (secondary N) is 2. The topological polar surface area (TPSA) is 114 Å². The second-order valence-electron chi connectivity index (χ2n) is 3.95. The Morgan fingerprint density at radius 3 is 2.76 bits per heavy atom. The predicted octanol–water partition coefficient (Wildman–Crippen LogP) is 2.83. The van der Waals surface area contributed by atoms with Crippen LogP contribution in [-0.2, 0) is 6.42 Å². The number of nitrogens with zero attached hydrogens (tertiary/aromatic N) is 3. The van der Waals surface area contributed by atoms with E-state index in [-0.39, 0.29) is 21.6 Å². The number of aromatic amines is 1. The first kappa shape index (κ1) is 15.2. The third-order valence-corrected chi connectivity index (χ3v) is 3.05. The maximum absolute atomic E-state index is 12.1. The average Bonchev–Trinajstić information content (AvgIpc) is 2.84. The summed E-state index contributed by atoms with van der Waals surface area (Å²) in [6, 6.07) is 2.36. The van der Waals surface area contributed by atoms with Gasteiger partial charge in [0.25, 0.3) is 5.91 Å². The molecule has 110 valence electrons. The van der Waals surface area contributed by atoms with Gasteiger partial charge in [-0.1, -0.05) is 30.1 Å². The highest BCUT2D eigenvalue weighted by molar-refractivity contribution is 6.37. The molecule has 0 bridgehead atoms. The van der Waals surface area contributed by atoms with E-state index in [1.54, 1.807) is 0 Å². The van der Waals surface area contributed by atoms with Crippen molar-refractivity contribution in [2.24, 2.45) is 0 Å². The number of nitro groups is 1. The number of H-pyrrole nitrogens is 1. The van der Waals surface area contributed by atoms with Crippen molar-refractivity contribution < 1.29 is 9.72 Å². The zero-order chi connectivity index (χ0) is 15.6. The van der Waals surface area contributed by atoms with Crippen molar-refractivity contribution in [3.63, 3.8) is 0 Å². The van der Waals surface area contributed by atoms with Gasteiger partial charge in [-0.3, -0.25) is 25.3 Å². The van der Waals surface area contributed by atoms with Crippen LogP contribution in [0, 0.1) is 10.1 Å². The van der Waals surface area contributed by atoms with E-state index < -0.39 is 16.5 Å². The van der Waals surface area contributed by atoms with Gasteiger partial charge in [-0.25, -0.2) is 0 Å². The molecule has 1 amide bonds. The second-order valence-corrected chi connectivity index (χ2v) is 4.80. The Morgan fingerprint density at radius 2 is 2.19 bits per heavy atom. The van der Waals surface area contributed by atoms with Gasteiger partial charge in [-0.05, 0) is 12.1 Å². The molecule has 21 heavy (non-hydrogen) atoms. The molecule has 0 aliphatic heterocycles. The quantitative estimate of drug-likeness (QED) is 0.661. The fourth-order valence-corrected chi connectivity index (χ4v) is 2.17. The lowest BCUT2D eigenvalue weighted by atomic mass is 10.1. The lowest BCUT2D eigenvalue weighted by Gasteiger charge is -2.04. The normalized spacial score (nSPS) is 10.4. The molecule has 1 heterocycles. The lowest BCUT2D eigenvalue weighted by molar-refractivity contribution is -0.385. The van der Waals surface area contributed by atoms with Gasteiger partial charge in [0.1, 0.15) is 16.4 Å². The van der Waals surface area contributed by atoms with E-state index in [2.05, 4.69) is 20.5 Å². The van der Waals surface area contributed by atoms with Crippen LogP contribution in [0.2, 0.25) is 10.0 Å². The number of hydrogen-bond donors (Lipinski definition) is 2. The number of carbonyl (C=O) groups is 1. The number of benzene rings is 1. The smallest absolute Gasteiger partial charge is 0.289 e. The van der Waals surface area contributed by atoms with Crippen LogP contribution in [0.5, 0.6) is 0 Å². The standard InChI is InChI=1S/C11H9Cl2N5O3/c1-2-8-14-11(17-16-8)15-10(19)6-3-5(12)4-7(13)9(6)18(20)21/h3-4H,2H2,1H3,(H2,14,15,16,17,19). The van der Waals surface area contributed by atoms with Crippen LogP contribution in [0.15, 0.2) is 12.1 Å². The maximum Gasteiger partial charge on any atom is 0.300 e. The third kappa shape index (κ3) is 3.29. The molecule has 8 nitrogen and oxygen atoms in total. The van der Waals surface area contributed by atoms with E-state index in [0.29, 0.717) is 12.2 Å². The Bertz CT molecular complexity index is 716. The summed E-state index contributed by atoms with van der Waals surface area (Å²) in [7, 11) is 0. The predicted molar refractivity (Wildman–Crippen MR) is 76.8 cm³/mol. The first-order valence-corrected chi connectivity index (χ1v) is 6.54. The van der Waals surface area contributed by atoms with Crippen molar-refractivity contribution in [2.75, 3.05) is 5.32 Å².